The summed E-state index contributed by atoms with van der Waals surface area (Å²) in [5.41, 5.74) is 1.93. The second-order valence-electron chi connectivity index (χ2n) is 5.64. The van der Waals surface area contributed by atoms with Crippen LogP contribution >= 0.6 is 27.5 Å². The van der Waals surface area contributed by atoms with Crippen molar-refractivity contribution in [3.8, 4) is 11.6 Å². The minimum absolute atomic E-state index is 0.351. The van der Waals surface area contributed by atoms with E-state index in [9.17, 15) is 4.39 Å². The smallest absolute Gasteiger partial charge is 0.278 e. The van der Waals surface area contributed by atoms with E-state index in [1.807, 2.05) is 6.92 Å². The topological polar surface area (TPSA) is 67.6 Å². The monoisotopic (exact) mass is 396 g/mol. The van der Waals surface area contributed by atoms with Crippen molar-refractivity contribution in [2.24, 2.45) is 0 Å². The number of hydrogen-bond donors (Lipinski definition) is 1. The van der Waals surface area contributed by atoms with Crippen LogP contribution in [0.15, 0.2) is 27.3 Å². The molecular weight excluding hydrogens is 387 g/mol. The van der Waals surface area contributed by atoms with E-state index in [1.165, 1.54) is 12.1 Å². The van der Waals surface area contributed by atoms with Crippen molar-refractivity contribution in [1.82, 2.24) is 20.3 Å². The van der Waals surface area contributed by atoms with Crippen LogP contribution in [0.2, 0.25) is 5.02 Å². The molecule has 1 aromatic carbocycles. The zero-order chi connectivity index (χ0) is 16.2. The summed E-state index contributed by atoms with van der Waals surface area (Å²) in [4.78, 5) is 4.50. The van der Waals surface area contributed by atoms with Crippen LogP contribution in [0.1, 0.15) is 29.8 Å². The zero-order valence-corrected chi connectivity index (χ0v) is 14.4. The fraction of sp³-hybridized carbons (Fsp3) is 0.267. The third-order valence-corrected chi connectivity index (χ3v) is 5.29. The number of aromatic amines is 1. The summed E-state index contributed by atoms with van der Waals surface area (Å²) in [7, 11) is 0. The van der Waals surface area contributed by atoms with Crippen molar-refractivity contribution in [3.63, 3.8) is 0 Å². The number of aromatic nitrogens is 4. The number of nitrogens with one attached hydrogen (secondary N) is 1. The average molecular weight is 398 g/mol. The van der Waals surface area contributed by atoms with Crippen LogP contribution in [0, 0.1) is 12.7 Å². The summed E-state index contributed by atoms with van der Waals surface area (Å²) in [5.74, 6) is 0.545. The van der Waals surface area contributed by atoms with Crippen LogP contribution in [0.25, 0.3) is 11.6 Å². The van der Waals surface area contributed by atoms with Crippen molar-refractivity contribution < 1.29 is 8.91 Å². The lowest BCUT2D eigenvalue weighted by Crippen LogP contribution is -2.11. The molecule has 23 heavy (non-hydrogen) atoms. The van der Waals surface area contributed by atoms with Gasteiger partial charge in [0.05, 0.1) is 5.41 Å². The van der Waals surface area contributed by atoms with E-state index in [0.717, 1.165) is 28.6 Å². The van der Waals surface area contributed by atoms with Gasteiger partial charge in [0.15, 0.2) is 11.5 Å². The molecule has 2 heterocycles. The van der Waals surface area contributed by atoms with Crippen LogP contribution in [-0.4, -0.2) is 20.3 Å². The Hall–Kier alpha value is -1.73. The van der Waals surface area contributed by atoms with Gasteiger partial charge in [0.1, 0.15) is 10.4 Å². The van der Waals surface area contributed by atoms with Gasteiger partial charge in [0.2, 0.25) is 0 Å². The first-order chi connectivity index (χ1) is 11.0. The maximum absolute atomic E-state index is 13.3. The molecule has 1 N–H and O–H groups in total. The lowest BCUT2D eigenvalue weighted by atomic mass is 9.95. The summed E-state index contributed by atoms with van der Waals surface area (Å²) >= 11 is 9.57. The zero-order valence-electron chi connectivity index (χ0n) is 12.0. The molecule has 0 radical (unpaired) electrons. The average Bonchev–Trinajstić information content (AvgIpc) is 3.03. The van der Waals surface area contributed by atoms with E-state index in [0.29, 0.717) is 22.4 Å². The molecule has 1 aliphatic carbocycles. The van der Waals surface area contributed by atoms with Gasteiger partial charge in [0, 0.05) is 10.6 Å². The van der Waals surface area contributed by atoms with E-state index in [4.69, 9.17) is 16.1 Å². The summed E-state index contributed by atoms with van der Waals surface area (Å²) in [6.07, 6.45) is 1.70. The van der Waals surface area contributed by atoms with Gasteiger partial charge in [0.25, 0.3) is 5.89 Å². The molecule has 1 saturated carbocycles. The Morgan fingerprint density at radius 3 is 2.78 bits per heavy atom. The Balaban J connectivity index is 1.75. The van der Waals surface area contributed by atoms with E-state index in [1.54, 1.807) is 6.07 Å². The summed E-state index contributed by atoms with van der Waals surface area (Å²) < 4.78 is 19.4. The summed E-state index contributed by atoms with van der Waals surface area (Å²) in [6, 6.07) is 4.40. The highest BCUT2D eigenvalue weighted by Gasteiger charge is 2.51. The van der Waals surface area contributed by atoms with E-state index in [2.05, 4.69) is 36.3 Å². The van der Waals surface area contributed by atoms with Gasteiger partial charge in [-0.1, -0.05) is 22.8 Å². The molecule has 5 nitrogen and oxygen atoms in total. The molecule has 0 unspecified atom stereocenters. The quantitative estimate of drug-likeness (QED) is 0.711. The molecule has 0 saturated heterocycles. The highest BCUT2D eigenvalue weighted by molar-refractivity contribution is 9.10. The molecule has 3 aromatic rings. The number of hydrogen-bond acceptors (Lipinski definition) is 4. The minimum Gasteiger partial charge on any atom is -0.332 e. The largest absolute Gasteiger partial charge is 0.332 e. The summed E-state index contributed by atoms with van der Waals surface area (Å²) in [6.45, 7) is 1.90. The number of H-pyrrole nitrogens is 1. The molecule has 0 amide bonds. The number of nitrogens with zero attached hydrogens (tertiary/aromatic N) is 3. The Bertz CT molecular complexity index is 903. The first kappa shape index (κ1) is 14.8. The van der Waals surface area contributed by atoms with Gasteiger partial charge in [-0.05, 0) is 53.4 Å². The number of benzene rings is 1. The standard InChI is InChI=1S/C15H11BrClFN4O/c1-7-11(20-21-12(7)16)13-19-14(22-23-13)15(4-5-15)9-3-2-8(18)6-10(9)17/h2-3,6H,4-5H2,1H3,(H,20,21). The Morgan fingerprint density at radius 1 is 1.39 bits per heavy atom. The van der Waals surface area contributed by atoms with Crippen molar-refractivity contribution in [3.05, 3.63) is 50.6 Å². The molecule has 1 fully saturated rings. The first-order valence-electron chi connectivity index (χ1n) is 7.02. The maximum Gasteiger partial charge on any atom is 0.278 e. The van der Waals surface area contributed by atoms with Gasteiger partial charge >= 0.3 is 0 Å². The summed E-state index contributed by atoms with van der Waals surface area (Å²) in [5, 5.41) is 11.5. The molecule has 4 rings (SSSR count). The second-order valence-corrected chi connectivity index (χ2v) is 6.84. The molecule has 1 aliphatic rings. The number of halogens is 3. The second kappa shape index (κ2) is 5.14. The van der Waals surface area contributed by atoms with Crippen molar-refractivity contribution >= 4 is 27.5 Å². The van der Waals surface area contributed by atoms with Crippen LogP contribution < -0.4 is 0 Å². The molecular formula is C15H11BrClFN4O. The first-order valence-corrected chi connectivity index (χ1v) is 8.19. The molecule has 118 valence electrons. The highest BCUT2D eigenvalue weighted by atomic mass is 79.9. The number of rotatable bonds is 3. The Kier molecular flexibility index (Phi) is 3.32. The van der Waals surface area contributed by atoms with Gasteiger partial charge in [-0.2, -0.15) is 10.1 Å². The van der Waals surface area contributed by atoms with Crippen molar-refractivity contribution in [2.45, 2.75) is 25.2 Å². The normalized spacial score (nSPS) is 15.8. The fourth-order valence-electron chi connectivity index (χ4n) is 2.71. The SMILES string of the molecule is Cc1c(-c2nc(C3(c4ccc(F)cc4Cl)CC3)no2)n[nH]c1Br. The molecule has 0 bridgehead atoms. The third-order valence-electron chi connectivity index (χ3n) is 4.20. The van der Waals surface area contributed by atoms with Gasteiger partial charge in [-0.3, -0.25) is 5.10 Å². The van der Waals surface area contributed by atoms with Crippen molar-refractivity contribution in [1.29, 1.82) is 0 Å². The van der Waals surface area contributed by atoms with Crippen molar-refractivity contribution in [2.75, 3.05) is 0 Å². The highest BCUT2D eigenvalue weighted by Crippen LogP contribution is 2.54. The molecule has 0 aliphatic heterocycles. The lowest BCUT2D eigenvalue weighted by Gasteiger charge is -2.12. The van der Waals surface area contributed by atoms with E-state index < -0.39 is 5.41 Å². The molecule has 8 heteroatoms. The van der Waals surface area contributed by atoms with Crippen LogP contribution in [0.5, 0.6) is 0 Å². The van der Waals surface area contributed by atoms with E-state index in [-0.39, 0.29) is 5.82 Å². The predicted octanol–water partition coefficient (Wildman–Crippen LogP) is 4.40. The van der Waals surface area contributed by atoms with E-state index >= 15 is 0 Å². The fourth-order valence-corrected chi connectivity index (χ4v) is 3.34. The Morgan fingerprint density at radius 2 is 2.17 bits per heavy atom. The molecule has 2 aromatic heterocycles. The van der Waals surface area contributed by atoms with Crippen LogP contribution in [0.4, 0.5) is 4.39 Å². The predicted molar refractivity (Wildman–Crippen MR) is 85.7 cm³/mol. The third kappa shape index (κ3) is 2.30. The van der Waals surface area contributed by atoms with Crippen LogP contribution in [-0.2, 0) is 5.41 Å². The maximum atomic E-state index is 13.3. The lowest BCUT2D eigenvalue weighted by molar-refractivity contribution is 0.416. The van der Waals surface area contributed by atoms with Gasteiger partial charge in [-0.25, -0.2) is 4.39 Å². The van der Waals surface area contributed by atoms with Crippen LogP contribution in [0.3, 0.4) is 0 Å². The minimum atomic E-state index is -0.395. The van der Waals surface area contributed by atoms with Gasteiger partial charge in [-0.15, -0.1) is 0 Å². The molecule has 0 spiro atoms. The van der Waals surface area contributed by atoms with Gasteiger partial charge < -0.3 is 4.52 Å². The Labute approximate surface area is 144 Å². The molecule has 0 atom stereocenters.